The van der Waals surface area contributed by atoms with Crippen LogP contribution in [0.5, 0.6) is 46.0 Å². The molecule has 0 spiro atoms. The van der Waals surface area contributed by atoms with Gasteiger partial charge < -0.3 is 48.4 Å². The molecule has 0 unspecified atom stereocenters. The first-order valence-corrected chi connectivity index (χ1v) is 22.1. The van der Waals surface area contributed by atoms with Gasteiger partial charge in [-0.15, -0.1) is 0 Å². The third-order valence-electron chi connectivity index (χ3n) is 12.1. The Morgan fingerprint density at radius 2 is 0.735 bits per heavy atom. The molecular weight excluding hydrogens is 869 g/mol. The van der Waals surface area contributed by atoms with Crippen molar-refractivity contribution in [3.63, 3.8) is 0 Å². The zero-order valence-corrected chi connectivity index (χ0v) is 38.3. The molecule has 14 nitrogen and oxygen atoms in total. The first-order chi connectivity index (χ1) is 33.0. The zero-order chi connectivity index (χ0) is 48.2. The first-order valence-electron chi connectivity index (χ1n) is 22.1. The molecule has 6 aromatic carbocycles. The van der Waals surface area contributed by atoms with Crippen LogP contribution in [0.2, 0.25) is 0 Å². The first kappa shape index (κ1) is 47.9. The van der Waals surface area contributed by atoms with Crippen LogP contribution in [0.15, 0.2) is 146 Å². The van der Waals surface area contributed by atoms with Crippen molar-refractivity contribution >= 4 is 23.8 Å². The van der Waals surface area contributed by atoms with Gasteiger partial charge in [0.25, 0.3) is 0 Å². The fourth-order valence-electron chi connectivity index (χ4n) is 8.55. The van der Waals surface area contributed by atoms with Crippen molar-refractivity contribution in [3.8, 4) is 46.0 Å². The number of para-hydroxylation sites is 2. The van der Waals surface area contributed by atoms with E-state index in [9.17, 15) is 29.4 Å². The van der Waals surface area contributed by atoms with Gasteiger partial charge in [-0.1, -0.05) is 72.8 Å². The number of hydrogen-bond acceptors (Lipinski definition) is 10. The molecule has 1 fully saturated rings. The van der Waals surface area contributed by atoms with E-state index in [1.165, 1.54) is 38.2 Å². The summed E-state index contributed by atoms with van der Waals surface area (Å²) in [6.45, 7) is 0.220. The third kappa shape index (κ3) is 11.5. The van der Waals surface area contributed by atoms with Crippen molar-refractivity contribution in [1.29, 1.82) is 0 Å². The molecule has 1 saturated carbocycles. The number of carbonyl (C=O) groups is 4. The fourth-order valence-corrected chi connectivity index (χ4v) is 8.55. The molecule has 14 heteroatoms. The number of aliphatic carboxylic acids is 2. The highest BCUT2D eigenvalue weighted by atomic mass is 16.5. The second-order valence-corrected chi connectivity index (χ2v) is 16.3. The van der Waals surface area contributed by atoms with E-state index in [2.05, 4.69) is 0 Å². The van der Waals surface area contributed by atoms with E-state index in [0.717, 1.165) is 11.1 Å². The smallest absolute Gasteiger partial charge is 0.308 e. The van der Waals surface area contributed by atoms with Crippen molar-refractivity contribution < 1.29 is 57.8 Å². The maximum Gasteiger partial charge on any atom is 0.308 e. The van der Waals surface area contributed by atoms with Gasteiger partial charge in [-0.05, 0) is 108 Å². The number of rotatable bonds is 22. The highest BCUT2D eigenvalue weighted by molar-refractivity contribution is 5.99. The van der Waals surface area contributed by atoms with Gasteiger partial charge in [-0.2, -0.15) is 0 Å². The quantitative estimate of drug-likeness (QED) is 0.0665. The van der Waals surface area contributed by atoms with Crippen molar-refractivity contribution in [2.75, 3.05) is 41.5 Å². The lowest BCUT2D eigenvalue weighted by Gasteiger charge is -2.48. The van der Waals surface area contributed by atoms with Gasteiger partial charge in [0.05, 0.1) is 52.1 Å². The minimum Gasteiger partial charge on any atom is -0.493 e. The number of benzene rings is 6. The molecule has 0 radical (unpaired) electrons. The minimum absolute atomic E-state index is 0.0208. The predicted octanol–water partition coefficient (Wildman–Crippen LogP) is 8.80. The Bertz CT molecular complexity index is 2470. The van der Waals surface area contributed by atoms with Gasteiger partial charge in [0, 0.05) is 26.2 Å². The van der Waals surface area contributed by atoms with E-state index in [4.69, 9.17) is 28.4 Å². The summed E-state index contributed by atoms with van der Waals surface area (Å²) < 4.78 is 33.8. The van der Waals surface area contributed by atoms with Gasteiger partial charge in [-0.3, -0.25) is 19.2 Å². The normalized spacial score (nSPS) is 16.1. The molecule has 0 atom stereocenters. The molecule has 352 valence electrons. The molecule has 2 amide bonds. The molecule has 0 heterocycles. The van der Waals surface area contributed by atoms with Crippen molar-refractivity contribution in [1.82, 2.24) is 9.80 Å². The Labute approximate surface area is 395 Å². The second-order valence-electron chi connectivity index (χ2n) is 16.3. The Morgan fingerprint density at radius 1 is 0.412 bits per heavy atom. The van der Waals surface area contributed by atoms with Gasteiger partial charge in [0.1, 0.15) is 23.0 Å². The maximum atomic E-state index is 14.9. The summed E-state index contributed by atoms with van der Waals surface area (Å²) in [5.74, 6) is -6.19. The summed E-state index contributed by atoms with van der Waals surface area (Å²) in [5.41, 5.74) is 2.97. The van der Waals surface area contributed by atoms with E-state index in [-0.39, 0.29) is 26.2 Å². The van der Waals surface area contributed by atoms with Gasteiger partial charge in [-0.25, -0.2) is 0 Å². The Morgan fingerprint density at radius 3 is 1.06 bits per heavy atom. The molecule has 0 saturated heterocycles. The predicted molar refractivity (Wildman–Crippen MR) is 252 cm³/mol. The number of ether oxygens (including phenoxy) is 6. The van der Waals surface area contributed by atoms with Gasteiger partial charge in [0.15, 0.2) is 23.0 Å². The standard InChI is InChI=1S/C54H54N2O12/c1-63-43-25-19-35(31-45(43)65-3)27-29-55(33-37-15-21-41(22-16-37)67-39-11-7-5-8-12-39)51(57)47-49(53(59)60)48(50(47)54(61)62)52(58)56(30-28-36-20-26-44(64-2)46(32-36)66-4)34-38-17-23-42(24-18-38)68-40-13-9-6-10-14-40/h5-26,31-32,47-50H,27-30,33-34H2,1-4H3,(H,59,60)(H,61,62)/t47-,48-,49-,50-. The summed E-state index contributed by atoms with van der Waals surface area (Å²) in [5, 5.41) is 21.7. The summed E-state index contributed by atoms with van der Waals surface area (Å²) >= 11 is 0. The van der Waals surface area contributed by atoms with E-state index in [0.29, 0.717) is 70.0 Å². The molecule has 0 aromatic heterocycles. The molecular formula is C54H54N2O12. The van der Waals surface area contributed by atoms with Crippen molar-refractivity contribution in [2.24, 2.45) is 23.7 Å². The highest BCUT2D eigenvalue weighted by Gasteiger charge is 2.64. The van der Waals surface area contributed by atoms with Crippen LogP contribution in [0.1, 0.15) is 22.3 Å². The number of nitrogens with zero attached hydrogens (tertiary/aromatic N) is 2. The van der Waals surface area contributed by atoms with Crippen LogP contribution in [0.25, 0.3) is 0 Å². The van der Waals surface area contributed by atoms with E-state index in [1.807, 2.05) is 72.8 Å². The second kappa shape index (κ2) is 22.5. The highest BCUT2D eigenvalue weighted by Crippen LogP contribution is 2.49. The summed E-state index contributed by atoms with van der Waals surface area (Å²) in [7, 11) is 6.09. The molecule has 0 bridgehead atoms. The number of carboxylic acids is 2. The average molecular weight is 923 g/mol. The molecule has 0 aliphatic heterocycles. The fraction of sp³-hybridized carbons (Fsp3) is 0.259. The number of methoxy groups -OCH3 is 4. The van der Waals surface area contributed by atoms with Crippen LogP contribution in [-0.2, 0) is 45.1 Å². The topological polar surface area (TPSA) is 171 Å². The average Bonchev–Trinajstić information content (AvgIpc) is 3.34. The van der Waals surface area contributed by atoms with Gasteiger partial charge in [0.2, 0.25) is 11.8 Å². The third-order valence-corrected chi connectivity index (χ3v) is 12.1. The maximum absolute atomic E-state index is 14.9. The molecule has 68 heavy (non-hydrogen) atoms. The van der Waals surface area contributed by atoms with E-state index >= 15 is 0 Å². The van der Waals surface area contributed by atoms with Crippen molar-refractivity contribution in [2.45, 2.75) is 25.9 Å². The zero-order valence-electron chi connectivity index (χ0n) is 38.3. The van der Waals surface area contributed by atoms with Gasteiger partial charge >= 0.3 is 11.9 Å². The number of carbonyl (C=O) groups excluding carboxylic acids is 2. The lowest BCUT2D eigenvalue weighted by molar-refractivity contribution is -0.187. The Hall–Kier alpha value is -8.00. The van der Waals surface area contributed by atoms with Crippen LogP contribution in [0.4, 0.5) is 0 Å². The van der Waals surface area contributed by atoms with Crippen LogP contribution in [0.3, 0.4) is 0 Å². The van der Waals surface area contributed by atoms with E-state index in [1.54, 1.807) is 72.8 Å². The van der Waals surface area contributed by atoms with E-state index < -0.39 is 47.4 Å². The number of amides is 2. The lowest BCUT2D eigenvalue weighted by Crippen LogP contribution is -2.64. The number of hydrogen-bond donors (Lipinski definition) is 2. The lowest BCUT2D eigenvalue weighted by atomic mass is 9.55. The van der Waals surface area contributed by atoms with Crippen molar-refractivity contribution in [3.05, 3.63) is 168 Å². The van der Waals surface area contributed by atoms with Crippen LogP contribution < -0.4 is 28.4 Å². The van der Waals surface area contributed by atoms with Crippen LogP contribution in [0, 0.1) is 23.7 Å². The Kier molecular flexibility index (Phi) is 15.8. The monoisotopic (exact) mass is 922 g/mol. The molecule has 7 rings (SSSR count). The number of carboxylic acid groups (broad SMARTS) is 2. The molecule has 6 aromatic rings. The molecule has 2 N–H and O–H groups in total. The minimum atomic E-state index is -1.63. The molecule has 1 aliphatic rings. The van der Waals surface area contributed by atoms with Crippen LogP contribution >= 0.6 is 0 Å². The molecule has 1 aliphatic carbocycles. The summed E-state index contributed by atoms with van der Waals surface area (Å²) in [6.07, 6.45) is 0.621. The van der Waals surface area contributed by atoms with Crippen LogP contribution in [-0.4, -0.2) is 85.3 Å². The summed E-state index contributed by atoms with van der Waals surface area (Å²) in [6, 6.07) is 43.5. The SMILES string of the molecule is COc1ccc(CCN(Cc2ccc(Oc3ccccc3)cc2)C(=O)[C@H]2[C@H](C(=O)O)[C@H](C(=O)N(CCc3ccc(OC)c(OC)c3)Cc3ccc(Oc4ccccc4)cc3)[C@H]2C(=O)O)cc1OC. The Balaban J connectivity index is 1.17. The largest absolute Gasteiger partial charge is 0.493 e. The summed E-state index contributed by atoms with van der Waals surface area (Å²) in [4.78, 5) is 59.4.